The van der Waals surface area contributed by atoms with Crippen LogP contribution >= 0.6 is 0 Å². The summed E-state index contributed by atoms with van der Waals surface area (Å²) in [4.78, 5) is 48.7. The summed E-state index contributed by atoms with van der Waals surface area (Å²) in [6.07, 6.45) is -0.810. The molecule has 10 heteroatoms. The zero-order chi connectivity index (χ0) is 22.0. The molecule has 2 aromatic carbocycles. The third-order valence-electron chi connectivity index (χ3n) is 4.53. The average Bonchev–Trinajstić information content (AvgIpc) is 2.70. The summed E-state index contributed by atoms with van der Waals surface area (Å²) in [5, 5.41) is 13.7. The second kappa shape index (κ2) is 8.19. The predicted octanol–water partition coefficient (Wildman–Crippen LogP) is 2.56. The Hall–Kier alpha value is -3.95. The number of fused-ring (bicyclic) bond motifs is 1. The topological polar surface area (TPSA) is 128 Å². The molecule has 3 rings (SSSR count). The van der Waals surface area contributed by atoms with Gasteiger partial charge in [-0.2, -0.15) is 0 Å². The Morgan fingerprint density at radius 3 is 2.63 bits per heavy atom. The van der Waals surface area contributed by atoms with E-state index in [4.69, 9.17) is 9.47 Å². The van der Waals surface area contributed by atoms with E-state index in [2.05, 4.69) is 5.32 Å². The van der Waals surface area contributed by atoms with Crippen molar-refractivity contribution in [3.63, 3.8) is 0 Å². The van der Waals surface area contributed by atoms with Gasteiger partial charge in [-0.1, -0.05) is 0 Å². The Kier molecular flexibility index (Phi) is 5.67. The molecule has 0 aromatic heterocycles. The van der Waals surface area contributed by atoms with Crippen molar-refractivity contribution >= 4 is 34.7 Å². The maximum absolute atomic E-state index is 12.6. The van der Waals surface area contributed by atoms with Crippen molar-refractivity contribution < 1.29 is 28.8 Å². The molecule has 0 aliphatic carbocycles. The molecule has 1 N–H and O–H groups in total. The zero-order valence-corrected chi connectivity index (χ0v) is 16.5. The molecule has 1 heterocycles. The first-order valence-electron chi connectivity index (χ1n) is 8.96. The number of amides is 2. The Bertz CT molecular complexity index is 1050. The predicted molar refractivity (Wildman–Crippen MR) is 107 cm³/mol. The Morgan fingerprint density at radius 1 is 1.27 bits per heavy atom. The molecule has 0 fully saturated rings. The fourth-order valence-electron chi connectivity index (χ4n) is 3.04. The molecule has 1 atom stereocenters. The van der Waals surface area contributed by atoms with Gasteiger partial charge in [-0.25, -0.2) is 0 Å². The number of carbonyl (C=O) groups is 3. The minimum Gasteiger partial charge on any atom is -0.490 e. The number of nitro benzene ring substituents is 1. The fourth-order valence-corrected chi connectivity index (χ4v) is 3.04. The molecular formula is C20H19N3O7. The van der Waals surface area contributed by atoms with Crippen molar-refractivity contribution in [3.8, 4) is 11.5 Å². The minimum atomic E-state index is -0.810. The van der Waals surface area contributed by atoms with E-state index in [1.54, 1.807) is 19.1 Å². The van der Waals surface area contributed by atoms with Crippen LogP contribution < -0.4 is 19.7 Å². The van der Waals surface area contributed by atoms with Crippen molar-refractivity contribution in [2.45, 2.75) is 20.0 Å². The molecule has 156 valence electrons. The lowest BCUT2D eigenvalue weighted by molar-refractivity contribution is -0.385. The second-order valence-electron chi connectivity index (χ2n) is 6.62. The van der Waals surface area contributed by atoms with E-state index in [0.717, 1.165) is 0 Å². The van der Waals surface area contributed by atoms with Crippen LogP contribution in [0.2, 0.25) is 0 Å². The number of benzene rings is 2. The van der Waals surface area contributed by atoms with Crippen LogP contribution in [0.1, 0.15) is 24.2 Å². The maximum atomic E-state index is 12.6. The first-order valence-corrected chi connectivity index (χ1v) is 8.96. The number of hydrogen-bond acceptors (Lipinski definition) is 7. The highest BCUT2D eigenvalue weighted by Crippen LogP contribution is 2.35. The molecule has 10 nitrogen and oxygen atoms in total. The van der Waals surface area contributed by atoms with Crippen LogP contribution in [0.4, 0.5) is 17.1 Å². The standard InChI is InChI=1S/C20H19N3O7/c1-11(24)13-4-6-18-15(8-13)22(20(26)12(2)30-18)10-19(25)21-14-5-7-17(29-3)16(9-14)23(27)28/h4-9,12H,10H2,1-3H3,(H,21,25). The summed E-state index contributed by atoms with van der Waals surface area (Å²) >= 11 is 0. The number of Topliss-reactive ketones (excluding diaryl/α,β-unsaturated/α-hetero) is 1. The van der Waals surface area contributed by atoms with E-state index in [1.807, 2.05) is 0 Å². The molecule has 0 bridgehead atoms. The van der Waals surface area contributed by atoms with E-state index in [-0.39, 0.29) is 29.5 Å². The highest BCUT2D eigenvalue weighted by molar-refractivity contribution is 6.07. The van der Waals surface area contributed by atoms with Crippen LogP contribution in [0, 0.1) is 10.1 Å². The van der Waals surface area contributed by atoms with Crippen molar-refractivity contribution in [3.05, 3.63) is 52.1 Å². The van der Waals surface area contributed by atoms with E-state index in [1.165, 1.54) is 43.2 Å². The normalized spacial score (nSPS) is 15.1. The number of ether oxygens (including phenoxy) is 2. The highest BCUT2D eigenvalue weighted by atomic mass is 16.6. The van der Waals surface area contributed by atoms with Crippen LogP contribution in [-0.2, 0) is 9.59 Å². The number of hydrogen-bond donors (Lipinski definition) is 1. The second-order valence-corrected chi connectivity index (χ2v) is 6.62. The number of carbonyl (C=O) groups excluding carboxylic acids is 3. The lowest BCUT2D eigenvalue weighted by Crippen LogP contribution is -2.47. The highest BCUT2D eigenvalue weighted by Gasteiger charge is 2.33. The number of nitro groups is 1. The van der Waals surface area contributed by atoms with Crippen LogP contribution in [-0.4, -0.2) is 42.3 Å². The van der Waals surface area contributed by atoms with Crippen LogP contribution in [0.5, 0.6) is 11.5 Å². The lowest BCUT2D eigenvalue weighted by Gasteiger charge is -2.32. The van der Waals surface area contributed by atoms with Gasteiger partial charge in [0.1, 0.15) is 12.3 Å². The Labute approximate surface area is 171 Å². The lowest BCUT2D eigenvalue weighted by atomic mass is 10.1. The van der Waals surface area contributed by atoms with Gasteiger partial charge in [0.05, 0.1) is 17.7 Å². The molecule has 0 saturated carbocycles. The van der Waals surface area contributed by atoms with E-state index in [0.29, 0.717) is 17.0 Å². The van der Waals surface area contributed by atoms with Crippen molar-refractivity contribution in [1.82, 2.24) is 0 Å². The van der Waals surface area contributed by atoms with E-state index >= 15 is 0 Å². The molecule has 0 spiro atoms. The number of nitrogens with one attached hydrogen (secondary N) is 1. The van der Waals surface area contributed by atoms with Crippen molar-refractivity contribution in [2.24, 2.45) is 0 Å². The molecule has 1 aliphatic rings. The number of rotatable bonds is 6. The average molecular weight is 413 g/mol. The maximum Gasteiger partial charge on any atom is 0.312 e. The number of anilines is 2. The summed E-state index contributed by atoms with van der Waals surface area (Å²) in [7, 11) is 1.30. The Morgan fingerprint density at radius 2 is 2.00 bits per heavy atom. The quantitative estimate of drug-likeness (QED) is 0.438. The zero-order valence-electron chi connectivity index (χ0n) is 16.5. The molecule has 2 aromatic rings. The van der Waals surface area contributed by atoms with Gasteiger partial charge in [0.15, 0.2) is 17.6 Å². The first-order chi connectivity index (χ1) is 14.2. The SMILES string of the molecule is COc1ccc(NC(=O)CN2C(=O)C(C)Oc3ccc(C(C)=O)cc32)cc1[N+](=O)[O-]. The molecule has 1 aliphatic heterocycles. The van der Waals surface area contributed by atoms with Crippen LogP contribution in [0.25, 0.3) is 0 Å². The van der Waals surface area contributed by atoms with Crippen LogP contribution in [0.15, 0.2) is 36.4 Å². The third kappa shape index (κ3) is 4.07. The summed E-state index contributed by atoms with van der Waals surface area (Å²) in [6.45, 7) is 2.59. The van der Waals surface area contributed by atoms with Gasteiger partial charge >= 0.3 is 5.69 Å². The van der Waals surface area contributed by atoms with E-state index in [9.17, 15) is 24.5 Å². The van der Waals surface area contributed by atoms with Gasteiger partial charge in [0, 0.05) is 17.3 Å². The molecule has 1 unspecified atom stereocenters. The summed E-state index contributed by atoms with van der Waals surface area (Å²) in [5.74, 6) is -0.783. The fraction of sp³-hybridized carbons (Fsp3) is 0.250. The number of methoxy groups -OCH3 is 1. The van der Waals surface area contributed by atoms with Crippen molar-refractivity contribution in [2.75, 3.05) is 23.9 Å². The summed E-state index contributed by atoms with van der Waals surface area (Å²) in [6, 6.07) is 8.64. The van der Waals surface area contributed by atoms with Gasteiger partial charge < -0.3 is 14.8 Å². The number of ketones is 1. The minimum absolute atomic E-state index is 0.0564. The molecular weight excluding hydrogens is 394 g/mol. The Balaban J connectivity index is 1.85. The molecule has 0 saturated heterocycles. The van der Waals surface area contributed by atoms with Crippen molar-refractivity contribution in [1.29, 1.82) is 0 Å². The first kappa shape index (κ1) is 20.8. The molecule has 0 radical (unpaired) electrons. The van der Waals surface area contributed by atoms with Gasteiger partial charge in [0.25, 0.3) is 5.91 Å². The van der Waals surface area contributed by atoms with E-state index < -0.39 is 22.8 Å². The van der Waals surface area contributed by atoms with Gasteiger partial charge in [-0.05, 0) is 44.2 Å². The van der Waals surface area contributed by atoms with Crippen LogP contribution in [0.3, 0.4) is 0 Å². The largest absolute Gasteiger partial charge is 0.490 e. The van der Waals surface area contributed by atoms with Gasteiger partial charge in [-0.15, -0.1) is 0 Å². The van der Waals surface area contributed by atoms with Gasteiger partial charge in [0.2, 0.25) is 5.91 Å². The smallest absolute Gasteiger partial charge is 0.312 e. The number of nitrogens with zero attached hydrogens (tertiary/aromatic N) is 2. The molecule has 2 amide bonds. The third-order valence-corrected chi connectivity index (χ3v) is 4.53. The monoisotopic (exact) mass is 413 g/mol. The molecule has 30 heavy (non-hydrogen) atoms. The van der Waals surface area contributed by atoms with Gasteiger partial charge in [-0.3, -0.25) is 29.4 Å². The summed E-state index contributed by atoms with van der Waals surface area (Å²) in [5.41, 5.74) is 0.555. The summed E-state index contributed by atoms with van der Waals surface area (Å²) < 4.78 is 10.5.